The lowest BCUT2D eigenvalue weighted by Gasteiger charge is -2.41. The van der Waals surface area contributed by atoms with Gasteiger partial charge in [-0.1, -0.05) is 6.92 Å². The molecule has 0 bridgehead atoms. The minimum Gasteiger partial charge on any atom is -0.449 e. The van der Waals surface area contributed by atoms with Crippen LogP contribution in [0.15, 0.2) is 18.2 Å². The Morgan fingerprint density at radius 3 is 2.84 bits per heavy atom. The zero-order valence-electron chi connectivity index (χ0n) is 18.2. The maximum absolute atomic E-state index is 14.9. The average Bonchev–Trinajstić information content (AvgIpc) is 3.08. The molecule has 0 radical (unpaired) electrons. The van der Waals surface area contributed by atoms with Crippen molar-refractivity contribution in [2.45, 2.75) is 51.5 Å². The molecule has 7 nitrogen and oxygen atoms in total. The number of benzene rings is 1. The number of rotatable bonds is 5. The number of hydrogen-bond donors (Lipinski definition) is 1. The monoisotopic (exact) mass is 433 g/mol. The number of anilines is 2. The summed E-state index contributed by atoms with van der Waals surface area (Å²) in [5.41, 5.74) is 0.407. The molecular weight excluding hydrogens is 401 g/mol. The van der Waals surface area contributed by atoms with Gasteiger partial charge in [0.2, 0.25) is 5.91 Å². The summed E-state index contributed by atoms with van der Waals surface area (Å²) in [7, 11) is 0. The Morgan fingerprint density at radius 1 is 1.29 bits per heavy atom. The normalized spacial score (nSPS) is 24.6. The zero-order chi connectivity index (χ0) is 21.8. The maximum Gasteiger partial charge on any atom is 0.411 e. The van der Waals surface area contributed by atoms with Gasteiger partial charge in [0.25, 0.3) is 0 Å². The second-order valence-corrected chi connectivity index (χ2v) is 8.82. The van der Waals surface area contributed by atoms with Crippen molar-refractivity contribution in [3.63, 3.8) is 0 Å². The molecule has 1 atom stereocenters. The fourth-order valence-corrected chi connectivity index (χ4v) is 5.10. The molecule has 0 aromatic heterocycles. The van der Waals surface area contributed by atoms with Gasteiger partial charge < -0.3 is 19.3 Å². The van der Waals surface area contributed by atoms with E-state index in [2.05, 4.69) is 10.2 Å². The van der Waals surface area contributed by atoms with Crippen molar-refractivity contribution in [3.8, 4) is 0 Å². The Labute approximate surface area is 182 Å². The molecular formula is C23H32FN3O4. The Morgan fingerprint density at radius 2 is 2.10 bits per heavy atom. The number of nitrogens with zero attached hydrogens (tertiary/aromatic N) is 2. The number of ether oxygens (including phenoxy) is 2. The molecule has 8 heteroatoms. The fourth-order valence-electron chi connectivity index (χ4n) is 5.10. The van der Waals surface area contributed by atoms with Gasteiger partial charge in [-0.2, -0.15) is 0 Å². The summed E-state index contributed by atoms with van der Waals surface area (Å²) in [6.45, 7) is 5.69. The number of carbonyl (C=O) groups excluding carboxylic acids is 2. The van der Waals surface area contributed by atoms with E-state index in [1.54, 1.807) is 12.1 Å². The van der Waals surface area contributed by atoms with Crippen LogP contribution in [-0.2, 0) is 14.3 Å². The molecule has 0 unspecified atom stereocenters. The second-order valence-electron chi connectivity index (χ2n) is 8.82. The SMILES string of the molecule is CCCOC(=O)Nc1ccc(N2CCC[C@@]3(CCN(C4CCOCC4)C3=O)C2)c(F)c1. The van der Waals surface area contributed by atoms with E-state index in [-0.39, 0.29) is 11.9 Å². The first-order valence-corrected chi connectivity index (χ1v) is 11.4. The van der Waals surface area contributed by atoms with Crippen LogP contribution in [0.2, 0.25) is 0 Å². The average molecular weight is 434 g/mol. The highest BCUT2D eigenvalue weighted by Gasteiger charge is 2.50. The fraction of sp³-hybridized carbons (Fsp3) is 0.652. The zero-order valence-corrected chi connectivity index (χ0v) is 18.2. The second kappa shape index (κ2) is 9.42. The molecule has 31 heavy (non-hydrogen) atoms. The summed E-state index contributed by atoms with van der Waals surface area (Å²) in [6.07, 6.45) is 4.47. The minimum absolute atomic E-state index is 0.224. The summed E-state index contributed by atoms with van der Waals surface area (Å²) < 4.78 is 25.4. The van der Waals surface area contributed by atoms with Gasteiger partial charge in [-0.25, -0.2) is 9.18 Å². The summed E-state index contributed by atoms with van der Waals surface area (Å²) in [6, 6.07) is 4.94. The first-order chi connectivity index (χ1) is 15.0. The largest absolute Gasteiger partial charge is 0.449 e. The van der Waals surface area contributed by atoms with Crippen LogP contribution in [0.5, 0.6) is 0 Å². The topological polar surface area (TPSA) is 71.1 Å². The summed E-state index contributed by atoms with van der Waals surface area (Å²) >= 11 is 0. The lowest BCUT2D eigenvalue weighted by atomic mass is 9.78. The number of piperidine rings is 1. The Bertz CT molecular complexity index is 814. The van der Waals surface area contributed by atoms with Crippen LogP contribution in [0.3, 0.4) is 0 Å². The molecule has 0 saturated carbocycles. The molecule has 3 saturated heterocycles. The van der Waals surface area contributed by atoms with Gasteiger partial charge in [-0.3, -0.25) is 10.1 Å². The molecule has 0 aliphatic carbocycles. The van der Waals surface area contributed by atoms with Crippen LogP contribution in [0.4, 0.5) is 20.6 Å². The van der Waals surface area contributed by atoms with Gasteiger partial charge >= 0.3 is 6.09 Å². The summed E-state index contributed by atoms with van der Waals surface area (Å²) in [4.78, 5) is 29.2. The van der Waals surface area contributed by atoms with E-state index in [0.29, 0.717) is 44.3 Å². The van der Waals surface area contributed by atoms with Crippen molar-refractivity contribution in [2.75, 3.05) is 49.7 Å². The summed E-state index contributed by atoms with van der Waals surface area (Å²) in [5, 5.41) is 2.55. The standard InChI is InChI=1S/C23H32FN3O4/c1-2-12-31-22(29)25-17-4-5-20(19(24)15-17)26-10-3-8-23(16-26)9-11-27(21(23)28)18-6-13-30-14-7-18/h4-5,15,18H,2-3,6-14,16H2,1H3,(H,25,29)/t23-/m1/s1. The highest BCUT2D eigenvalue weighted by Crippen LogP contribution is 2.43. The summed E-state index contributed by atoms with van der Waals surface area (Å²) in [5.74, 6) is -0.182. The molecule has 4 rings (SSSR count). The van der Waals surface area contributed by atoms with E-state index in [4.69, 9.17) is 9.47 Å². The van der Waals surface area contributed by atoms with Gasteiger partial charge in [0.1, 0.15) is 5.82 Å². The molecule has 1 aromatic rings. The molecule has 1 spiro atoms. The third-order valence-corrected chi connectivity index (χ3v) is 6.73. The van der Waals surface area contributed by atoms with Crippen LogP contribution < -0.4 is 10.2 Å². The van der Waals surface area contributed by atoms with Crippen LogP contribution in [0.1, 0.15) is 45.4 Å². The molecule has 1 aromatic carbocycles. The van der Waals surface area contributed by atoms with E-state index in [1.807, 2.05) is 11.8 Å². The lowest BCUT2D eigenvalue weighted by molar-refractivity contribution is -0.139. The first kappa shape index (κ1) is 21.9. The van der Waals surface area contributed by atoms with E-state index in [0.717, 1.165) is 45.1 Å². The Balaban J connectivity index is 1.44. The molecule has 170 valence electrons. The van der Waals surface area contributed by atoms with E-state index >= 15 is 0 Å². The van der Waals surface area contributed by atoms with E-state index in [9.17, 15) is 14.0 Å². The Kier molecular flexibility index (Phi) is 6.65. The number of carbonyl (C=O) groups is 2. The van der Waals surface area contributed by atoms with Gasteiger partial charge in [0.15, 0.2) is 0 Å². The van der Waals surface area contributed by atoms with Gasteiger partial charge in [0.05, 0.1) is 17.7 Å². The Hall–Kier alpha value is -2.35. The first-order valence-electron chi connectivity index (χ1n) is 11.4. The minimum atomic E-state index is -0.587. The molecule has 3 fully saturated rings. The molecule has 3 heterocycles. The van der Waals surface area contributed by atoms with Crippen molar-refractivity contribution in [3.05, 3.63) is 24.0 Å². The molecule has 2 amide bonds. The van der Waals surface area contributed by atoms with Crippen molar-refractivity contribution in [2.24, 2.45) is 5.41 Å². The third kappa shape index (κ3) is 4.63. The third-order valence-electron chi connectivity index (χ3n) is 6.73. The van der Waals surface area contributed by atoms with E-state index in [1.165, 1.54) is 6.07 Å². The predicted octanol–water partition coefficient (Wildman–Crippen LogP) is 3.78. The van der Waals surface area contributed by atoms with Crippen LogP contribution >= 0.6 is 0 Å². The van der Waals surface area contributed by atoms with Gasteiger partial charge in [-0.15, -0.1) is 0 Å². The number of nitrogens with one attached hydrogen (secondary N) is 1. The van der Waals surface area contributed by atoms with Crippen molar-refractivity contribution in [1.82, 2.24) is 4.90 Å². The highest BCUT2D eigenvalue weighted by molar-refractivity contribution is 5.87. The van der Waals surface area contributed by atoms with Crippen LogP contribution in [-0.4, -0.2) is 62.4 Å². The quantitative estimate of drug-likeness (QED) is 0.765. The number of halogens is 1. The molecule has 3 aliphatic rings. The highest BCUT2D eigenvalue weighted by atomic mass is 19.1. The van der Waals surface area contributed by atoms with Crippen molar-refractivity contribution < 1.29 is 23.5 Å². The number of hydrogen-bond acceptors (Lipinski definition) is 5. The molecule has 3 aliphatic heterocycles. The van der Waals surface area contributed by atoms with E-state index < -0.39 is 17.3 Å². The van der Waals surface area contributed by atoms with Gasteiger partial charge in [-0.05, 0) is 56.7 Å². The lowest BCUT2D eigenvalue weighted by Crippen LogP contribution is -2.50. The van der Waals surface area contributed by atoms with Crippen molar-refractivity contribution in [1.29, 1.82) is 0 Å². The molecule has 1 N–H and O–H groups in total. The predicted molar refractivity (Wildman–Crippen MR) is 116 cm³/mol. The smallest absolute Gasteiger partial charge is 0.411 e. The van der Waals surface area contributed by atoms with Crippen LogP contribution in [0, 0.1) is 11.2 Å². The van der Waals surface area contributed by atoms with Crippen LogP contribution in [0.25, 0.3) is 0 Å². The van der Waals surface area contributed by atoms with Crippen molar-refractivity contribution >= 4 is 23.4 Å². The van der Waals surface area contributed by atoms with Gasteiger partial charge in [0, 0.05) is 44.6 Å². The number of amides is 2. The number of likely N-dealkylation sites (tertiary alicyclic amines) is 1. The maximum atomic E-state index is 14.9.